The van der Waals surface area contributed by atoms with Crippen molar-refractivity contribution in [3.63, 3.8) is 0 Å². The van der Waals surface area contributed by atoms with Crippen LogP contribution >= 0.6 is 11.8 Å². The van der Waals surface area contributed by atoms with E-state index in [1.807, 2.05) is 30.3 Å². The third-order valence-electron chi connectivity index (χ3n) is 3.01. The van der Waals surface area contributed by atoms with Gasteiger partial charge in [0.1, 0.15) is 17.8 Å². The van der Waals surface area contributed by atoms with Gasteiger partial charge in [-0.2, -0.15) is 0 Å². The predicted molar refractivity (Wildman–Crippen MR) is 82.3 cm³/mol. The third-order valence-corrected chi connectivity index (χ3v) is 4.00. The molecule has 112 valence electrons. The maximum Gasteiger partial charge on any atom is 0.323 e. The molecule has 0 amide bonds. The SMILES string of the molecule is COc1cccc(Sc2nc3cccnc3n2CC(=O)O)c1. The van der Waals surface area contributed by atoms with Crippen molar-refractivity contribution >= 4 is 28.9 Å². The highest BCUT2D eigenvalue weighted by atomic mass is 32.2. The van der Waals surface area contributed by atoms with Crippen LogP contribution in [0.2, 0.25) is 0 Å². The Morgan fingerprint density at radius 3 is 3.00 bits per heavy atom. The van der Waals surface area contributed by atoms with Gasteiger partial charge in [-0.1, -0.05) is 17.8 Å². The minimum atomic E-state index is -0.933. The molecule has 2 aromatic heterocycles. The largest absolute Gasteiger partial charge is 0.497 e. The van der Waals surface area contributed by atoms with Gasteiger partial charge in [-0.3, -0.25) is 9.36 Å². The molecule has 0 saturated carbocycles. The maximum atomic E-state index is 11.1. The molecule has 3 rings (SSSR count). The number of hydrogen-bond donors (Lipinski definition) is 1. The third kappa shape index (κ3) is 2.89. The van der Waals surface area contributed by atoms with Crippen molar-refractivity contribution in [3.05, 3.63) is 42.6 Å². The molecule has 0 radical (unpaired) electrons. The van der Waals surface area contributed by atoms with Gasteiger partial charge in [0.25, 0.3) is 0 Å². The molecule has 2 heterocycles. The number of benzene rings is 1. The zero-order valence-electron chi connectivity index (χ0n) is 11.8. The average Bonchev–Trinajstić information content (AvgIpc) is 2.85. The van der Waals surface area contributed by atoms with Gasteiger partial charge in [-0.15, -0.1) is 0 Å². The minimum absolute atomic E-state index is 0.181. The van der Waals surface area contributed by atoms with Gasteiger partial charge in [0.2, 0.25) is 0 Å². The number of aromatic nitrogens is 3. The number of carbonyl (C=O) groups is 1. The van der Waals surface area contributed by atoms with Gasteiger partial charge in [0.05, 0.1) is 7.11 Å². The van der Waals surface area contributed by atoms with E-state index in [1.165, 1.54) is 11.8 Å². The van der Waals surface area contributed by atoms with Crippen molar-refractivity contribution in [2.45, 2.75) is 16.6 Å². The van der Waals surface area contributed by atoms with Gasteiger partial charge in [0.15, 0.2) is 10.8 Å². The summed E-state index contributed by atoms with van der Waals surface area (Å²) < 4.78 is 6.80. The van der Waals surface area contributed by atoms with E-state index < -0.39 is 5.97 Å². The first kappa shape index (κ1) is 14.4. The summed E-state index contributed by atoms with van der Waals surface area (Å²) >= 11 is 1.38. The Hall–Kier alpha value is -2.54. The summed E-state index contributed by atoms with van der Waals surface area (Å²) in [5.41, 5.74) is 1.24. The normalized spacial score (nSPS) is 10.8. The molecule has 0 aliphatic rings. The molecule has 1 N–H and O–H groups in total. The summed E-state index contributed by atoms with van der Waals surface area (Å²) in [6.07, 6.45) is 1.63. The number of nitrogens with zero attached hydrogens (tertiary/aromatic N) is 3. The fourth-order valence-electron chi connectivity index (χ4n) is 2.06. The summed E-state index contributed by atoms with van der Waals surface area (Å²) in [6, 6.07) is 11.1. The molecule has 0 saturated heterocycles. The van der Waals surface area contributed by atoms with Crippen molar-refractivity contribution in [1.82, 2.24) is 14.5 Å². The Kier molecular flexibility index (Phi) is 3.97. The molecule has 7 heteroatoms. The second-order valence-electron chi connectivity index (χ2n) is 4.50. The predicted octanol–water partition coefficient (Wildman–Crippen LogP) is 2.68. The Bertz CT molecular complexity index is 832. The summed E-state index contributed by atoms with van der Waals surface area (Å²) in [6.45, 7) is -0.181. The van der Waals surface area contributed by atoms with E-state index >= 15 is 0 Å². The number of aliphatic carboxylic acids is 1. The van der Waals surface area contributed by atoms with Crippen LogP contribution in [0.3, 0.4) is 0 Å². The van der Waals surface area contributed by atoms with Crippen molar-refractivity contribution < 1.29 is 14.6 Å². The molecular weight excluding hydrogens is 302 g/mol. The number of fused-ring (bicyclic) bond motifs is 1. The first-order chi connectivity index (χ1) is 10.7. The quantitative estimate of drug-likeness (QED) is 0.780. The standard InChI is InChI=1S/C15H13N3O3S/c1-21-10-4-2-5-11(8-10)22-15-17-12-6-3-7-16-14(12)18(15)9-13(19)20/h2-8H,9H2,1H3,(H,19,20). The van der Waals surface area contributed by atoms with Crippen molar-refractivity contribution in [2.24, 2.45) is 0 Å². The molecule has 3 aromatic rings. The number of rotatable bonds is 5. The summed E-state index contributed by atoms with van der Waals surface area (Å²) in [7, 11) is 1.60. The van der Waals surface area contributed by atoms with Crippen LogP contribution in [0.1, 0.15) is 0 Å². The molecular formula is C15H13N3O3S. The Morgan fingerprint density at radius 2 is 2.23 bits per heavy atom. The highest BCUT2D eigenvalue weighted by Crippen LogP contribution is 2.31. The second kappa shape index (κ2) is 6.07. The lowest BCUT2D eigenvalue weighted by Gasteiger charge is -2.06. The van der Waals surface area contributed by atoms with Gasteiger partial charge in [0, 0.05) is 11.1 Å². The molecule has 0 atom stereocenters. The van der Waals surface area contributed by atoms with E-state index in [0.29, 0.717) is 16.3 Å². The van der Waals surface area contributed by atoms with E-state index in [2.05, 4.69) is 9.97 Å². The fraction of sp³-hybridized carbons (Fsp3) is 0.133. The van der Waals surface area contributed by atoms with Gasteiger partial charge in [-0.05, 0) is 30.3 Å². The second-order valence-corrected chi connectivity index (χ2v) is 5.54. The van der Waals surface area contributed by atoms with Crippen LogP contribution in [0.4, 0.5) is 0 Å². The van der Waals surface area contributed by atoms with Crippen LogP contribution in [-0.2, 0) is 11.3 Å². The van der Waals surface area contributed by atoms with E-state index in [0.717, 1.165) is 10.6 Å². The van der Waals surface area contributed by atoms with Crippen LogP contribution in [-0.4, -0.2) is 32.7 Å². The molecule has 0 unspecified atom stereocenters. The number of imidazole rings is 1. The smallest absolute Gasteiger partial charge is 0.323 e. The monoisotopic (exact) mass is 315 g/mol. The van der Waals surface area contributed by atoms with Crippen LogP contribution in [0.25, 0.3) is 11.2 Å². The molecule has 0 aliphatic carbocycles. The lowest BCUT2D eigenvalue weighted by molar-refractivity contribution is -0.137. The van der Waals surface area contributed by atoms with Gasteiger partial charge in [-0.25, -0.2) is 9.97 Å². The molecule has 22 heavy (non-hydrogen) atoms. The van der Waals surface area contributed by atoms with Crippen LogP contribution in [0.5, 0.6) is 5.75 Å². The Balaban J connectivity index is 2.03. The van der Waals surface area contributed by atoms with Gasteiger partial charge >= 0.3 is 5.97 Å². The fourth-order valence-corrected chi connectivity index (χ4v) is 3.00. The Morgan fingerprint density at radius 1 is 1.36 bits per heavy atom. The number of carboxylic acid groups (broad SMARTS) is 1. The van der Waals surface area contributed by atoms with Crippen LogP contribution in [0.15, 0.2) is 52.6 Å². The van der Waals surface area contributed by atoms with Gasteiger partial charge < -0.3 is 9.84 Å². The topological polar surface area (TPSA) is 77.2 Å². The minimum Gasteiger partial charge on any atom is -0.497 e. The zero-order chi connectivity index (χ0) is 15.5. The van der Waals surface area contributed by atoms with Crippen molar-refractivity contribution in [1.29, 1.82) is 0 Å². The van der Waals surface area contributed by atoms with Crippen molar-refractivity contribution in [3.8, 4) is 5.75 Å². The molecule has 6 nitrogen and oxygen atoms in total. The maximum absolute atomic E-state index is 11.1. The average molecular weight is 315 g/mol. The van der Waals surface area contributed by atoms with E-state index in [-0.39, 0.29) is 6.54 Å². The lowest BCUT2D eigenvalue weighted by atomic mass is 10.3. The summed E-state index contributed by atoms with van der Waals surface area (Å²) in [5.74, 6) is -0.193. The van der Waals surface area contributed by atoms with Crippen LogP contribution < -0.4 is 4.74 Å². The molecule has 0 fully saturated rings. The van der Waals surface area contributed by atoms with E-state index in [1.54, 1.807) is 23.9 Å². The number of methoxy groups -OCH3 is 1. The first-order valence-electron chi connectivity index (χ1n) is 6.52. The Labute approximate surface area is 130 Å². The van der Waals surface area contributed by atoms with Crippen LogP contribution in [0, 0.1) is 0 Å². The summed E-state index contributed by atoms with van der Waals surface area (Å²) in [5, 5.41) is 9.70. The molecule has 1 aromatic carbocycles. The number of ether oxygens (including phenoxy) is 1. The van der Waals surface area contributed by atoms with Crippen molar-refractivity contribution in [2.75, 3.05) is 7.11 Å². The van der Waals surface area contributed by atoms with E-state index in [4.69, 9.17) is 9.84 Å². The highest BCUT2D eigenvalue weighted by molar-refractivity contribution is 7.99. The summed E-state index contributed by atoms with van der Waals surface area (Å²) in [4.78, 5) is 20.7. The van der Waals surface area contributed by atoms with E-state index in [9.17, 15) is 4.79 Å². The number of pyridine rings is 1. The number of hydrogen-bond acceptors (Lipinski definition) is 5. The first-order valence-corrected chi connectivity index (χ1v) is 7.34. The highest BCUT2D eigenvalue weighted by Gasteiger charge is 2.15. The lowest BCUT2D eigenvalue weighted by Crippen LogP contribution is -2.10. The zero-order valence-corrected chi connectivity index (χ0v) is 12.6. The molecule has 0 aliphatic heterocycles. The number of carboxylic acids is 1. The molecule has 0 bridgehead atoms. The molecule has 0 spiro atoms.